The van der Waals surface area contributed by atoms with Crippen LogP contribution >= 0.6 is 0 Å². The number of rotatable bonds is 60. The summed E-state index contributed by atoms with van der Waals surface area (Å²) in [4.78, 5) is 38.2. The SMILES string of the molecule is CC/C=C\C/C=C\C/C=C\C/C=C\C/C=C\C/C=C\CCC(=O)OC(COC(=O)CCCCCCCCCCCCC)COC(=O)CCCCCCCCCCCCCCCCCCCCCCCCCCCCCC. The zero-order valence-electron chi connectivity index (χ0n) is 50.5. The number of ether oxygens (including phenoxy) is 3. The van der Waals surface area contributed by atoms with Crippen LogP contribution in [-0.4, -0.2) is 37.2 Å². The Hall–Kier alpha value is -3.15. The van der Waals surface area contributed by atoms with E-state index in [2.05, 4.69) is 87.6 Å². The number of allylic oxidation sites excluding steroid dienone is 12. The highest BCUT2D eigenvalue weighted by molar-refractivity contribution is 5.71. The Bertz CT molecular complexity index is 1400. The van der Waals surface area contributed by atoms with Crippen molar-refractivity contribution in [2.45, 2.75) is 341 Å². The molecule has 0 aliphatic rings. The summed E-state index contributed by atoms with van der Waals surface area (Å²) in [6.07, 6.45) is 83.8. The van der Waals surface area contributed by atoms with Crippen LogP contribution in [0.2, 0.25) is 0 Å². The van der Waals surface area contributed by atoms with E-state index in [-0.39, 0.29) is 37.5 Å². The summed E-state index contributed by atoms with van der Waals surface area (Å²) in [6, 6.07) is 0. The molecule has 0 rings (SSSR count). The number of carbonyl (C=O) groups is 3. The molecule has 0 amide bonds. The van der Waals surface area contributed by atoms with E-state index < -0.39 is 6.10 Å². The van der Waals surface area contributed by atoms with Gasteiger partial charge < -0.3 is 14.2 Å². The Morgan fingerprint density at radius 3 is 0.776 bits per heavy atom. The molecule has 0 aliphatic heterocycles. The van der Waals surface area contributed by atoms with Gasteiger partial charge in [0.1, 0.15) is 13.2 Å². The third kappa shape index (κ3) is 61.7. The van der Waals surface area contributed by atoms with Crippen molar-refractivity contribution in [3.63, 3.8) is 0 Å². The summed E-state index contributed by atoms with van der Waals surface area (Å²) in [5.41, 5.74) is 0. The Kier molecular flexibility index (Phi) is 61.7. The second-order valence-corrected chi connectivity index (χ2v) is 22.0. The largest absolute Gasteiger partial charge is 0.462 e. The number of hydrogen-bond donors (Lipinski definition) is 0. The second kappa shape index (κ2) is 64.4. The average molecular weight is 1060 g/mol. The monoisotopic (exact) mass is 1060 g/mol. The minimum Gasteiger partial charge on any atom is -0.462 e. The minimum atomic E-state index is -0.813. The molecule has 0 radical (unpaired) electrons. The van der Waals surface area contributed by atoms with Gasteiger partial charge in [-0.1, -0.05) is 331 Å². The van der Waals surface area contributed by atoms with Crippen LogP contribution in [0.25, 0.3) is 0 Å². The van der Waals surface area contributed by atoms with Gasteiger partial charge in [0.25, 0.3) is 0 Å². The van der Waals surface area contributed by atoms with Crippen molar-refractivity contribution in [1.29, 1.82) is 0 Å². The lowest BCUT2D eigenvalue weighted by molar-refractivity contribution is -0.166. The maximum Gasteiger partial charge on any atom is 0.306 e. The average Bonchev–Trinajstić information content (AvgIpc) is 3.42. The summed E-state index contributed by atoms with van der Waals surface area (Å²) in [5.74, 6) is -0.971. The van der Waals surface area contributed by atoms with Crippen LogP contribution in [0.4, 0.5) is 0 Å². The molecule has 0 aromatic heterocycles. The number of esters is 3. The van der Waals surface area contributed by atoms with Crippen LogP contribution in [0.3, 0.4) is 0 Å². The number of unbranched alkanes of at least 4 members (excludes halogenated alkanes) is 37. The zero-order chi connectivity index (χ0) is 55.0. The van der Waals surface area contributed by atoms with Crippen LogP contribution < -0.4 is 0 Å². The van der Waals surface area contributed by atoms with Crippen LogP contribution in [0, 0.1) is 0 Å². The molecule has 6 heteroatoms. The van der Waals surface area contributed by atoms with Gasteiger partial charge in [0.2, 0.25) is 0 Å². The lowest BCUT2D eigenvalue weighted by atomic mass is 10.0. The van der Waals surface area contributed by atoms with Gasteiger partial charge in [0, 0.05) is 19.3 Å². The maximum absolute atomic E-state index is 12.8. The highest BCUT2D eigenvalue weighted by Crippen LogP contribution is 2.18. The first kappa shape index (κ1) is 72.8. The zero-order valence-corrected chi connectivity index (χ0v) is 50.5. The van der Waals surface area contributed by atoms with Crippen LogP contribution in [0.1, 0.15) is 335 Å². The fourth-order valence-electron chi connectivity index (χ4n) is 9.59. The molecule has 76 heavy (non-hydrogen) atoms. The molecular formula is C70H124O6. The predicted octanol–water partition coefficient (Wildman–Crippen LogP) is 22.5. The van der Waals surface area contributed by atoms with E-state index in [4.69, 9.17) is 14.2 Å². The van der Waals surface area contributed by atoms with Crippen molar-refractivity contribution < 1.29 is 28.6 Å². The van der Waals surface area contributed by atoms with E-state index in [1.54, 1.807) is 0 Å². The first-order valence-electron chi connectivity index (χ1n) is 32.9. The van der Waals surface area contributed by atoms with Gasteiger partial charge in [0.05, 0.1) is 0 Å². The van der Waals surface area contributed by atoms with Gasteiger partial charge >= 0.3 is 17.9 Å². The molecule has 0 heterocycles. The Labute approximate surface area is 472 Å². The van der Waals surface area contributed by atoms with Gasteiger partial charge in [-0.2, -0.15) is 0 Å². The highest BCUT2D eigenvalue weighted by atomic mass is 16.6. The molecule has 0 saturated carbocycles. The molecule has 1 atom stereocenters. The Morgan fingerprint density at radius 2 is 0.513 bits per heavy atom. The van der Waals surface area contributed by atoms with Crippen molar-refractivity contribution in [3.05, 3.63) is 72.9 Å². The molecule has 0 spiro atoms. The normalized spacial score (nSPS) is 12.5. The Balaban J connectivity index is 4.25. The highest BCUT2D eigenvalue weighted by Gasteiger charge is 2.19. The molecule has 0 bridgehead atoms. The molecule has 0 aromatic carbocycles. The summed E-state index contributed by atoms with van der Waals surface area (Å²) in [7, 11) is 0. The van der Waals surface area contributed by atoms with Crippen LogP contribution in [0.15, 0.2) is 72.9 Å². The van der Waals surface area contributed by atoms with Crippen molar-refractivity contribution in [1.82, 2.24) is 0 Å². The van der Waals surface area contributed by atoms with Crippen molar-refractivity contribution in [2.75, 3.05) is 13.2 Å². The van der Waals surface area contributed by atoms with Gasteiger partial charge in [-0.05, 0) is 57.8 Å². The molecule has 0 saturated heterocycles. The molecular weight excluding hydrogens is 937 g/mol. The van der Waals surface area contributed by atoms with Gasteiger partial charge in [0.15, 0.2) is 6.10 Å². The van der Waals surface area contributed by atoms with Crippen LogP contribution in [-0.2, 0) is 28.6 Å². The molecule has 1 unspecified atom stereocenters. The van der Waals surface area contributed by atoms with Crippen molar-refractivity contribution >= 4 is 17.9 Å². The molecule has 0 aliphatic carbocycles. The first-order chi connectivity index (χ1) is 37.5. The number of hydrogen-bond acceptors (Lipinski definition) is 6. The third-order valence-electron chi connectivity index (χ3n) is 14.5. The smallest absolute Gasteiger partial charge is 0.306 e. The second-order valence-electron chi connectivity index (χ2n) is 22.0. The van der Waals surface area contributed by atoms with Gasteiger partial charge in [-0.15, -0.1) is 0 Å². The summed E-state index contributed by atoms with van der Waals surface area (Å²) < 4.78 is 16.8. The summed E-state index contributed by atoms with van der Waals surface area (Å²) in [6.45, 7) is 6.50. The number of carbonyl (C=O) groups excluding carboxylic acids is 3. The van der Waals surface area contributed by atoms with Crippen molar-refractivity contribution in [2.24, 2.45) is 0 Å². The first-order valence-corrected chi connectivity index (χ1v) is 32.9. The van der Waals surface area contributed by atoms with E-state index in [9.17, 15) is 14.4 Å². The van der Waals surface area contributed by atoms with Gasteiger partial charge in [-0.25, -0.2) is 0 Å². The lowest BCUT2D eigenvalue weighted by Gasteiger charge is -2.18. The molecule has 0 N–H and O–H groups in total. The van der Waals surface area contributed by atoms with Crippen LogP contribution in [0.5, 0.6) is 0 Å². The fourth-order valence-corrected chi connectivity index (χ4v) is 9.59. The van der Waals surface area contributed by atoms with Gasteiger partial charge in [-0.3, -0.25) is 14.4 Å². The summed E-state index contributed by atoms with van der Waals surface area (Å²) >= 11 is 0. The summed E-state index contributed by atoms with van der Waals surface area (Å²) in [5, 5.41) is 0. The van der Waals surface area contributed by atoms with E-state index in [1.165, 1.54) is 212 Å². The molecule has 440 valence electrons. The molecule has 6 nitrogen and oxygen atoms in total. The topological polar surface area (TPSA) is 78.9 Å². The molecule has 0 fully saturated rings. The predicted molar refractivity (Wildman–Crippen MR) is 330 cm³/mol. The minimum absolute atomic E-state index is 0.101. The standard InChI is InChI=1S/C70H124O6/c1-4-7-10-13-16-19-22-24-26-28-30-31-32-33-34-35-36-37-38-40-41-43-45-48-51-54-57-60-63-69(72)75-66-67(65-74-68(71)62-59-56-53-50-47-21-18-15-12-9-6-3)76-70(73)64-61-58-55-52-49-46-44-42-39-29-27-25-23-20-17-14-11-8-5-2/h8,11,17,20,25,27,39,42,46,49,55,58,67H,4-7,9-10,12-16,18-19,21-24,26,28-38,40-41,43-45,47-48,50-54,56-57,59-66H2,1-3H3/b11-8-,20-17-,27-25-,42-39-,49-46-,58-55-. The third-order valence-corrected chi connectivity index (χ3v) is 14.5. The fraction of sp³-hybridized carbons (Fsp3) is 0.786. The quantitative estimate of drug-likeness (QED) is 0.0261. The van der Waals surface area contributed by atoms with E-state index in [0.717, 1.165) is 77.0 Å². The van der Waals surface area contributed by atoms with E-state index in [0.29, 0.717) is 19.3 Å². The molecule has 0 aromatic rings. The van der Waals surface area contributed by atoms with E-state index >= 15 is 0 Å². The maximum atomic E-state index is 12.8. The lowest BCUT2D eigenvalue weighted by Crippen LogP contribution is -2.30. The van der Waals surface area contributed by atoms with E-state index in [1.807, 2.05) is 6.08 Å². The Morgan fingerprint density at radius 1 is 0.276 bits per heavy atom. The van der Waals surface area contributed by atoms with Crippen molar-refractivity contribution in [3.8, 4) is 0 Å².